The molecule has 55 heavy (non-hydrogen) atoms. The number of carbonyl (C=O) groups excluding carboxylic acids is 1. The summed E-state index contributed by atoms with van der Waals surface area (Å²) in [5, 5.41) is 31.3. The van der Waals surface area contributed by atoms with E-state index in [9.17, 15) is 34.5 Å². The van der Waals surface area contributed by atoms with Gasteiger partial charge in [0.25, 0.3) is 0 Å². The van der Waals surface area contributed by atoms with E-state index in [1.54, 1.807) is 12.1 Å². The van der Waals surface area contributed by atoms with Gasteiger partial charge in [0.2, 0.25) is 5.91 Å². The fourth-order valence-electron chi connectivity index (χ4n) is 14.2. The fourth-order valence-corrected chi connectivity index (χ4v) is 14.2. The number of hydrogen-bond acceptors (Lipinski definition) is 5. The smallest absolute Gasteiger partial charge is 0.335 e. The van der Waals surface area contributed by atoms with Crippen molar-refractivity contribution in [3.63, 3.8) is 0 Å². The number of nitrogens with zero attached hydrogens (tertiary/aromatic N) is 1. The summed E-state index contributed by atoms with van der Waals surface area (Å²) >= 11 is 0. The van der Waals surface area contributed by atoms with Gasteiger partial charge in [-0.05, 0) is 151 Å². The van der Waals surface area contributed by atoms with E-state index in [0.29, 0.717) is 73.7 Å². The molecule has 6 rings (SSSR count). The number of rotatable bonds is 14. The molecule has 9 atom stereocenters. The van der Waals surface area contributed by atoms with Crippen LogP contribution in [0.5, 0.6) is 0 Å². The molecule has 4 saturated carbocycles. The number of carboxylic acid groups (broad SMARTS) is 3. The van der Waals surface area contributed by atoms with E-state index < -0.39 is 17.9 Å². The molecule has 0 bridgehead atoms. The maximum atomic E-state index is 14.6. The first-order valence-electron chi connectivity index (χ1n) is 21.3. The zero-order valence-electron chi connectivity index (χ0n) is 34.6. The number of carboxylic acids is 3. The van der Waals surface area contributed by atoms with Crippen LogP contribution in [-0.2, 0) is 14.4 Å². The molecule has 5 aliphatic carbocycles. The normalized spacial score (nSPS) is 36.2. The predicted octanol–water partition coefficient (Wildman–Crippen LogP) is 8.87. The predicted molar refractivity (Wildman–Crippen MR) is 214 cm³/mol. The minimum Gasteiger partial charge on any atom is -0.481 e. The molecule has 4 fully saturated rings. The van der Waals surface area contributed by atoms with Gasteiger partial charge in [0.15, 0.2) is 0 Å². The zero-order valence-corrected chi connectivity index (χ0v) is 34.6. The van der Waals surface area contributed by atoms with Crippen LogP contribution in [0.15, 0.2) is 30.3 Å². The fraction of sp³-hybridized carbons (Fsp3) is 0.739. The Hall–Kier alpha value is -3.20. The molecule has 1 aromatic carbocycles. The van der Waals surface area contributed by atoms with Gasteiger partial charge >= 0.3 is 17.9 Å². The van der Waals surface area contributed by atoms with Crippen molar-refractivity contribution in [3.05, 3.63) is 41.5 Å². The molecule has 304 valence electrons. The lowest BCUT2D eigenvalue weighted by Gasteiger charge is -2.72. The lowest BCUT2D eigenvalue weighted by molar-refractivity contribution is -0.227. The maximum absolute atomic E-state index is 14.6. The SMILES string of the molecule is CC(C)[C@@H]1CC[C@]2(C(=O)NCCCN(CCC(=O)O)CCC(=O)O)CC[C@]3(C)[C@H](CC[C@@H]4[C@@]5(C)CC=C(c6ccc(C(=O)O)cc6)C(C)(C)[C@@H]5CC[C@]43C)[C@@H]12. The first-order valence-corrected chi connectivity index (χ1v) is 21.3. The summed E-state index contributed by atoms with van der Waals surface area (Å²) in [5.41, 5.74) is 2.84. The van der Waals surface area contributed by atoms with E-state index >= 15 is 0 Å². The Labute approximate surface area is 329 Å². The molecule has 0 saturated heterocycles. The first-order chi connectivity index (χ1) is 25.8. The molecule has 1 aromatic rings. The van der Waals surface area contributed by atoms with E-state index in [-0.39, 0.29) is 45.8 Å². The highest BCUT2D eigenvalue weighted by atomic mass is 16.4. The van der Waals surface area contributed by atoms with E-state index in [4.69, 9.17) is 0 Å². The summed E-state index contributed by atoms with van der Waals surface area (Å²) in [5.74, 6) is 0.463. The highest BCUT2D eigenvalue weighted by Crippen LogP contribution is 2.77. The Kier molecular flexibility index (Phi) is 11.5. The molecule has 0 heterocycles. The maximum Gasteiger partial charge on any atom is 0.335 e. The summed E-state index contributed by atoms with van der Waals surface area (Å²) in [7, 11) is 0. The topological polar surface area (TPSA) is 144 Å². The molecular weight excluding hydrogens is 693 g/mol. The molecule has 0 spiro atoms. The van der Waals surface area contributed by atoms with E-state index in [1.807, 2.05) is 17.0 Å². The van der Waals surface area contributed by atoms with Gasteiger partial charge in [-0.15, -0.1) is 0 Å². The van der Waals surface area contributed by atoms with Crippen molar-refractivity contribution >= 4 is 29.4 Å². The second-order valence-electron chi connectivity index (χ2n) is 20.0. The van der Waals surface area contributed by atoms with Crippen molar-refractivity contribution in [2.45, 2.75) is 126 Å². The molecule has 4 N–H and O–H groups in total. The highest BCUT2D eigenvalue weighted by Gasteiger charge is 2.71. The molecular formula is C46H68N2O7. The lowest BCUT2D eigenvalue weighted by atomic mass is 9.32. The average Bonchev–Trinajstić information content (AvgIpc) is 3.52. The molecule has 0 aliphatic heterocycles. The molecule has 0 radical (unpaired) electrons. The van der Waals surface area contributed by atoms with Crippen LogP contribution < -0.4 is 5.32 Å². The summed E-state index contributed by atoms with van der Waals surface area (Å²) in [4.78, 5) is 50.5. The van der Waals surface area contributed by atoms with Gasteiger partial charge < -0.3 is 25.5 Å². The number of aliphatic carboxylic acids is 2. The van der Waals surface area contributed by atoms with Crippen LogP contribution in [-0.4, -0.2) is 70.2 Å². The van der Waals surface area contributed by atoms with Crippen LogP contribution in [0.25, 0.3) is 5.57 Å². The van der Waals surface area contributed by atoms with Crippen LogP contribution in [0.4, 0.5) is 0 Å². The second-order valence-corrected chi connectivity index (χ2v) is 20.0. The summed E-state index contributed by atoms with van der Waals surface area (Å²) in [6.07, 6.45) is 12.9. The third-order valence-corrected chi connectivity index (χ3v) is 17.0. The number of aromatic carboxylic acids is 1. The largest absolute Gasteiger partial charge is 0.481 e. The van der Waals surface area contributed by atoms with Crippen molar-refractivity contribution in [1.82, 2.24) is 10.2 Å². The van der Waals surface area contributed by atoms with Crippen molar-refractivity contribution in [2.75, 3.05) is 26.2 Å². The molecule has 0 aromatic heterocycles. The molecule has 1 amide bonds. The quantitative estimate of drug-likeness (QED) is 0.138. The lowest BCUT2D eigenvalue weighted by Crippen LogP contribution is -2.66. The number of allylic oxidation sites excluding steroid dienone is 2. The van der Waals surface area contributed by atoms with Crippen LogP contribution in [0.3, 0.4) is 0 Å². The van der Waals surface area contributed by atoms with E-state index in [2.05, 4.69) is 59.9 Å². The Balaban J connectivity index is 1.21. The van der Waals surface area contributed by atoms with Gasteiger partial charge in [0.05, 0.1) is 23.8 Å². The van der Waals surface area contributed by atoms with Gasteiger partial charge in [0.1, 0.15) is 0 Å². The van der Waals surface area contributed by atoms with Crippen LogP contribution in [0.2, 0.25) is 0 Å². The second kappa shape index (κ2) is 15.3. The molecule has 0 unspecified atom stereocenters. The minimum absolute atomic E-state index is 0.0346. The van der Waals surface area contributed by atoms with Crippen molar-refractivity contribution in [1.29, 1.82) is 0 Å². The third kappa shape index (κ3) is 7.07. The summed E-state index contributed by atoms with van der Waals surface area (Å²) in [6, 6.07) is 7.47. The Morgan fingerprint density at radius 1 is 0.782 bits per heavy atom. The zero-order chi connectivity index (χ0) is 40.1. The minimum atomic E-state index is -0.898. The third-order valence-electron chi connectivity index (χ3n) is 17.0. The number of nitrogens with one attached hydrogen (secondary N) is 1. The Morgan fingerprint density at radius 3 is 2.04 bits per heavy atom. The van der Waals surface area contributed by atoms with Gasteiger partial charge in [-0.1, -0.05) is 66.7 Å². The number of benzene rings is 1. The molecule has 5 aliphatic rings. The number of amides is 1. The van der Waals surface area contributed by atoms with Crippen LogP contribution in [0.1, 0.15) is 141 Å². The number of carbonyl (C=O) groups is 4. The van der Waals surface area contributed by atoms with E-state index in [1.165, 1.54) is 24.8 Å². The Bertz CT molecular complexity index is 1650. The van der Waals surface area contributed by atoms with Gasteiger partial charge in [0, 0.05) is 19.6 Å². The standard InChI is InChI=1S/C46H68N2O7/c1-29(2)32-15-22-46(41(55)47-25-8-26-48(27-18-37(49)50)28-19-38(51)52)24-23-44(6)34(39(32)46)13-14-36-43(5)20-16-33(30-9-11-31(12-10-30)40(53)54)42(3,4)35(43)17-21-45(36,44)7/h9-12,16,29,32,34-36,39H,8,13-15,17-28H2,1-7H3,(H,47,55)(H,49,50)(H,51,52)(H,53,54)/t32-,34+,35-,36+,39+,43-,44+,45+,46-/m0/s1. The molecule has 9 heteroatoms. The number of hydrogen-bond donors (Lipinski definition) is 4. The first kappa shape index (κ1) is 41.4. The van der Waals surface area contributed by atoms with Gasteiger partial charge in [-0.25, -0.2) is 4.79 Å². The Morgan fingerprint density at radius 2 is 1.44 bits per heavy atom. The summed E-state index contributed by atoms with van der Waals surface area (Å²) in [6.45, 7) is 19.1. The average molecular weight is 761 g/mol. The highest BCUT2D eigenvalue weighted by molar-refractivity contribution is 5.88. The van der Waals surface area contributed by atoms with Crippen molar-refractivity contribution in [2.24, 2.45) is 62.6 Å². The molecule has 9 nitrogen and oxygen atoms in total. The van der Waals surface area contributed by atoms with E-state index in [0.717, 1.165) is 44.1 Å². The van der Waals surface area contributed by atoms with Crippen LogP contribution >= 0.6 is 0 Å². The van der Waals surface area contributed by atoms with Gasteiger partial charge in [-0.3, -0.25) is 14.4 Å². The van der Waals surface area contributed by atoms with Crippen LogP contribution in [0, 0.1) is 62.6 Å². The van der Waals surface area contributed by atoms with Crippen molar-refractivity contribution < 1.29 is 34.5 Å². The monoisotopic (exact) mass is 761 g/mol. The summed E-state index contributed by atoms with van der Waals surface area (Å²) < 4.78 is 0. The van der Waals surface area contributed by atoms with Crippen molar-refractivity contribution in [3.8, 4) is 0 Å². The number of fused-ring (bicyclic) bond motifs is 7. The van der Waals surface area contributed by atoms with Gasteiger partial charge in [-0.2, -0.15) is 0 Å².